The van der Waals surface area contributed by atoms with Crippen molar-refractivity contribution in [3.05, 3.63) is 53.8 Å². The molecular weight excluding hydrogens is 286 g/mol. The molecule has 0 spiro atoms. The van der Waals surface area contributed by atoms with Gasteiger partial charge in [-0.3, -0.25) is 4.92 Å². The Labute approximate surface area is 127 Å². The number of benzene rings is 2. The molecular formula is C15H14BFN2OS. The summed E-state index contributed by atoms with van der Waals surface area (Å²) in [6.45, 7) is 1.82. The molecule has 0 unspecified atom stereocenters. The Morgan fingerprint density at radius 2 is 2.05 bits per heavy atom. The second-order valence-corrected chi connectivity index (χ2v) is 5.72. The van der Waals surface area contributed by atoms with Crippen molar-refractivity contribution >= 4 is 35.7 Å². The second-order valence-electron chi connectivity index (χ2n) is 4.84. The Bertz CT molecular complexity index is 723. The number of hydrogen-bond donors (Lipinski definition) is 1. The lowest BCUT2D eigenvalue weighted by Crippen LogP contribution is -2.51. The van der Waals surface area contributed by atoms with Crippen LogP contribution in [0.4, 0.5) is 10.1 Å². The van der Waals surface area contributed by atoms with Gasteiger partial charge in [0.2, 0.25) is 0 Å². The molecule has 0 bridgehead atoms. The van der Waals surface area contributed by atoms with Gasteiger partial charge in [-0.2, -0.15) is 5.10 Å². The summed E-state index contributed by atoms with van der Waals surface area (Å²) in [5.41, 5.74) is 2.81. The molecule has 2 aromatic carbocycles. The number of rotatable bonds is 2. The van der Waals surface area contributed by atoms with E-state index in [4.69, 9.17) is 0 Å². The van der Waals surface area contributed by atoms with E-state index < -0.39 is 7.05 Å². The van der Waals surface area contributed by atoms with Crippen LogP contribution < -0.4 is 10.4 Å². The smallest absolute Gasteiger partial charge is 0.427 e. The van der Waals surface area contributed by atoms with Crippen molar-refractivity contribution in [2.75, 3.05) is 11.2 Å². The lowest BCUT2D eigenvalue weighted by atomic mass is 9.68. The van der Waals surface area contributed by atoms with E-state index in [0.717, 1.165) is 10.6 Å². The van der Waals surface area contributed by atoms with Gasteiger partial charge in [0, 0.05) is 10.6 Å². The molecule has 6 heteroatoms. The number of halogens is 1. The summed E-state index contributed by atoms with van der Waals surface area (Å²) in [5.74, 6) is -0.326. The van der Waals surface area contributed by atoms with Gasteiger partial charge in [0.05, 0.1) is 5.71 Å². The molecule has 1 heterocycles. The molecule has 3 nitrogen and oxygen atoms in total. The van der Waals surface area contributed by atoms with Crippen molar-refractivity contribution in [2.24, 2.45) is 5.10 Å². The molecule has 0 atom stereocenters. The normalized spacial score (nSPS) is 14.0. The van der Waals surface area contributed by atoms with Crippen molar-refractivity contribution in [3.63, 3.8) is 0 Å². The number of thioether (sulfide) groups is 1. The third kappa shape index (κ3) is 2.56. The zero-order valence-electron chi connectivity index (χ0n) is 11.7. The van der Waals surface area contributed by atoms with Crippen LogP contribution in [0.15, 0.2) is 52.5 Å². The largest absolute Gasteiger partial charge is 0.471 e. The fourth-order valence-electron chi connectivity index (χ4n) is 2.42. The number of fused-ring (bicyclic) bond motifs is 1. The van der Waals surface area contributed by atoms with Gasteiger partial charge in [-0.1, -0.05) is 12.1 Å². The van der Waals surface area contributed by atoms with Gasteiger partial charge in [0.15, 0.2) is 0 Å². The van der Waals surface area contributed by atoms with Gasteiger partial charge < -0.3 is 5.02 Å². The van der Waals surface area contributed by atoms with Gasteiger partial charge >= 0.3 is 7.05 Å². The van der Waals surface area contributed by atoms with Crippen molar-refractivity contribution < 1.29 is 9.41 Å². The van der Waals surface area contributed by atoms with Crippen LogP contribution in [0, 0.1) is 5.82 Å². The minimum atomic E-state index is -0.915. The van der Waals surface area contributed by atoms with Crippen molar-refractivity contribution in [3.8, 4) is 0 Å². The summed E-state index contributed by atoms with van der Waals surface area (Å²) in [7, 11) is -0.915. The van der Waals surface area contributed by atoms with Crippen molar-refractivity contribution in [2.45, 2.75) is 11.8 Å². The van der Waals surface area contributed by atoms with Crippen LogP contribution in [0.2, 0.25) is 0 Å². The number of nitrogens with zero attached hydrogens (tertiary/aromatic N) is 2. The van der Waals surface area contributed by atoms with Crippen LogP contribution in [0.1, 0.15) is 12.5 Å². The molecule has 1 aliphatic heterocycles. The Hall–Kier alpha value is -1.79. The quantitative estimate of drug-likeness (QED) is 0.684. The van der Waals surface area contributed by atoms with E-state index in [1.807, 2.05) is 37.4 Å². The van der Waals surface area contributed by atoms with Gasteiger partial charge in [-0.25, -0.2) is 4.39 Å². The van der Waals surface area contributed by atoms with Gasteiger partial charge in [0.1, 0.15) is 5.82 Å². The Kier molecular flexibility index (Phi) is 3.74. The fraction of sp³-hybridized carbons (Fsp3) is 0.133. The lowest BCUT2D eigenvalue weighted by molar-refractivity contribution is 0.577. The molecule has 0 amide bonds. The first-order valence-corrected chi connectivity index (χ1v) is 7.79. The highest BCUT2D eigenvalue weighted by Crippen LogP contribution is 2.25. The van der Waals surface area contributed by atoms with E-state index >= 15 is 0 Å². The Morgan fingerprint density at radius 1 is 1.24 bits per heavy atom. The highest BCUT2D eigenvalue weighted by Gasteiger charge is 2.32. The van der Waals surface area contributed by atoms with E-state index in [1.165, 1.54) is 12.1 Å². The molecule has 0 fully saturated rings. The standard InChI is InChI=1S/C15H14BFN2OS/c1-10-14-8-11(17)6-7-15(14)16(20)19(18-10)12-4-3-5-13(9-12)21-2/h3-9,20H,1-2H3. The summed E-state index contributed by atoms with van der Waals surface area (Å²) >= 11 is 1.63. The van der Waals surface area contributed by atoms with E-state index in [-0.39, 0.29) is 5.82 Å². The van der Waals surface area contributed by atoms with Crippen LogP contribution in [0.5, 0.6) is 0 Å². The summed E-state index contributed by atoms with van der Waals surface area (Å²) in [5, 5.41) is 15.0. The molecule has 0 saturated carbocycles. The van der Waals surface area contributed by atoms with Gasteiger partial charge in [-0.15, -0.1) is 11.8 Å². The van der Waals surface area contributed by atoms with Crippen LogP contribution in [0.25, 0.3) is 0 Å². The van der Waals surface area contributed by atoms with E-state index in [0.29, 0.717) is 16.7 Å². The Morgan fingerprint density at radius 3 is 2.81 bits per heavy atom. The maximum atomic E-state index is 13.4. The van der Waals surface area contributed by atoms with Crippen molar-refractivity contribution in [1.29, 1.82) is 0 Å². The third-order valence-electron chi connectivity index (χ3n) is 3.49. The number of anilines is 1. The first-order valence-electron chi connectivity index (χ1n) is 6.56. The minimum absolute atomic E-state index is 0.326. The second kappa shape index (κ2) is 5.54. The first kappa shape index (κ1) is 14.2. The third-order valence-corrected chi connectivity index (χ3v) is 4.22. The van der Waals surface area contributed by atoms with Gasteiger partial charge in [0.25, 0.3) is 0 Å². The maximum Gasteiger partial charge on any atom is 0.471 e. The molecule has 0 aromatic heterocycles. The molecule has 21 heavy (non-hydrogen) atoms. The number of hydrogen-bond acceptors (Lipinski definition) is 4. The summed E-state index contributed by atoms with van der Waals surface area (Å²) in [6.07, 6.45) is 2.00. The zero-order chi connectivity index (χ0) is 15.0. The predicted octanol–water partition coefficient (Wildman–Crippen LogP) is 2.48. The van der Waals surface area contributed by atoms with Crippen molar-refractivity contribution in [1.82, 2.24) is 0 Å². The summed E-state index contributed by atoms with van der Waals surface area (Å²) in [4.78, 5) is 2.66. The van der Waals surface area contributed by atoms with Gasteiger partial charge in [-0.05, 0) is 54.5 Å². The molecule has 0 saturated heterocycles. The van der Waals surface area contributed by atoms with Crippen LogP contribution in [-0.2, 0) is 0 Å². The molecule has 2 aromatic rings. The SMILES string of the molecule is CSc1cccc(N2N=C(C)c3cc(F)ccc3B2O)c1. The molecule has 0 aliphatic carbocycles. The van der Waals surface area contributed by atoms with Crippen LogP contribution in [0.3, 0.4) is 0 Å². The van der Waals surface area contributed by atoms with Crippen LogP contribution in [-0.4, -0.2) is 24.0 Å². The highest BCUT2D eigenvalue weighted by molar-refractivity contribution is 7.98. The predicted molar refractivity (Wildman–Crippen MR) is 86.9 cm³/mol. The topological polar surface area (TPSA) is 35.8 Å². The molecule has 3 rings (SSSR count). The maximum absolute atomic E-state index is 13.4. The molecule has 1 aliphatic rings. The van der Waals surface area contributed by atoms with E-state index in [9.17, 15) is 9.41 Å². The zero-order valence-corrected chi connectivity index (χ0v) is 12.6. The van der Waals surface area contributed by atoms with E-state index in [1.54, 1.807) is 22.7 Å². The molecule has 1 N–H and O–H groups in total. The Balaban J connectivity index is 2.06. The minimum Gasteiger partial charge on any atom is -0.427 e. The lowest BCUT2D eigenvalue weighted by Gasteiger charge is -2.29. The fourth-order valence-corrected chi connectivity index (χ4v) is 2.87. The monoisotopic (exact) mass is 300 g/mol. The average Bonchev–Trinajstić information content (AvgIpc) is 2.51. The molecule has 106 valence electrons. The highest BCUT2D eigenvalue weighted by atomic mass is 32.2. The van der Waals surface area contributed by atoms with Crippen LogP contribution >= 0.6 is 11.8 Å². The average molecular weight is 300 g/mol. The summed E-state index contributed by atoms with van der Waals surface area (Å²) in [6, 6.07) is 12.2. The first-order chi connectivity index (χ1) is 10.1. The van der Waals surface area contributed by atoms with E-state index in [2.05, 4.69) is 5.10 Å². The molecule has 0 radical (unpaired) electrons. The number of hydrazone groups is 1. The summed E-state index contributed by atoms with van der Waals surface area (Å²) < 4.78 is 13.4.